The molecule has 1 N–H and O–H groups in total. The minimum absolute atomic E-state index is 0.0112. The van der Waals surface area contributed by atoms with Gasteiger partial charge >= 0.3 is 5.97 Å². The number of carbonyl (C=O) groups is 2. The van der Waals surface area contributed by atoms with Crippen molar-refractivity contribution in [3.63, 3.8) is 0 Å². The quantitative estimate of drug-likeness (QED) is 0.625. The number of benzene rings is 1. The van der Waals surface area contributed by atoms with Crippen molar-refractivity contribution in [3.8, 4) is 0 Å². The van der Waals surface area contributed by atoms with Crippen molar-refractivity contribution >= 4 is 17.6 Å². The standard InChI is InChI=1S/C18H24N2O5/c1-12(2)15-8-6-13(11-16(15)20(24)25)18(23)19-10-4-3-5-14(19)7-9-17(21)22/h6,8,11-12,14H,3-5,7,9-10H2,1-2H3,(H,21,22). The van der Waals surface area contributed by atoms with E-state index in [1.165, 1.54) is 6.07 Å². The van der Waals surface area contributed by atoms with Crippen LogP contribution in [-0.4, -0.2) is 39.4 Å². The van der Waals surface area contributed by atoms with Crippen LogP contribution >= 0.6 is 0 Å². The zero-order chi connectivity index (χ0) is 18.6. The Hall–Kier alpha value is -2.44. The summed E-state index contributed by atoms with van der Waals surface area (Å²) in [7, 11) is 0. The molecule has 1 aromatic rings. The molecule has 1 aliphatic heterocycles. The highest BCUT2D eigenvalue weighted by Crippen LogP contribution is 2.29. The number of carboxylic acid groups (broad SMARTS) is 1. The highest BCUT2D eigenvalue weighted by molar-refractivity contribution is 5.95. The molecule has 7 nitrogen and oxygen atoms in total. The van der Waals surface area contributed by atoms with Gasteiger partial charge in [-0.25, -0.2) is 0 Å². The summed E-state index contributed by atoms with van der Waals surface area (Å²) >= 11 is 0. The van der Waals surface area contributed by atoms with E-state index in [-0.39, 0.29) is 30.0 Å². The topological polar surface area (TPSA) is 101 Å². The minimum atomic E-state index is -0.880. The SMILES string of the molecule is CC(C)c1ccc(C(=O)N2CCCCC2CCC(=O)O)cc1[N+](=O)[O-]. The molecule has 0 radical (unpaired) electrons. The highest BCUT2D eigenvalue weighted by Gasteiger charge is 2.29. The molecule has 1 fully saturated rings. The first kappa shape index (κ1) is 18.9. The van der Waals surface area contributed by atoms with Gasteiger partial charge in [-0.1, -0.05) is 19.9 Å². The summed E-state index contributed by atoms with van der Waals surface area (Å²) in [6, 6.07) is 4.50. The zero-order valence-corrected chi connectivity index (χ0v) is 14.6. The molecule has 1 unspecified atom stereocenters. The van der Waals surface area contributed by atoms with Gasteiger partial charge in [0.2, 0.25) is 0 Å². The first-order valence-corrected chi connectivity index (χ1v) is 8.62. The maximum Gasteiger partial charge on any atom is 0.303 e. The number of carboxylic acids is 1. The van der Waals surface area contributed by atoms with E-state index < -0.39 is 10.9 Å². The minimum Gasteiger partial charge on any atom is -0.481 e. The number of nitro groups is 1. The summed E-state index contributed by atoms with van der Waals surface area (Å²) < 4.78 is 0. The molecule has 2 rings (SSSR count). The first-order chi connectivity index (χ1) is 11.8. The Kier molecular flexibility index (Phi) is 6.12. The van der Waals surface area contributed by atoms with Crippen molar-refractivity contribution in [3.05, 3.63) is 39.4 Å². The number of hydrogen-bond acceptors (Lipinski definition) is 4. The average Bonchev–Trinajstić information content (AvgIpc) is 2.58. The molecule has 136 valence electrons. The van der Waals surface area contributed by atoms with E-state index in [0.717, 1.165) is 19.3 Å². The molecular weight excluding hydrogens is 324 g/mol. The van der Waals surface area contributed by atoms with Crippen molar-refractivity contribution in [2.75, 3.05) is 6.54 Å². The summed E-state index contributed by atoms with van der Waals surface area (Å²) in [6.07, 6.45) is 3.02. The molecule has 1 atom stereocenters. The first-order valence-electron chi connectivity index (χ1n) is 8.62. The van der Waals surface area contributed by atoms with Crippen LogP contribution in [0.1, 0.15) is 67.8 Å². The Morgan fingerprint density at radius 3 is 2.68 bits per heavy atom. The van der Waals surface area contributed by atoms with Crippen LogP contribution in [0, 0.1) is 10.1 Å². The van der Waals surface area contributed by atoms with Crippen molar-refractivity contribution in [1.29, 1.82) is 0 Å². The van der Waals surface area contributed by atoms with Crippen LogP contribution in [0.5, 0.6) is 0 Å². The number of hydrogen-bond donors (Lipinski definition) is 1. The molecule has 1 amide bonds. The van der Waals surface area contributed by atoms with Crippen LogP contribution in [0.3, 0.4) is 0 Å². The molecule has 1 aromatic carbocycles. The lowest BCUT2D eigenvalue weighted by Gasteiger charge is -2.35. The van der Waals surface area contributed by atoms with E-state index in [1.54, 1.807) is 17.0 Å². The second kappa shape index (κ2) is 8.09. The van der Waals surface area contributed by atoms with Crippen molar-refractivity contribution in [2.24, 2.45) is 0 Å². The van der Waals surface area contributed by atoms with Gasteiger partial charge in [-0.3, -0.25) is 19.7 Å². The van der Waals surface area contributed by atoms with Crippen LogP contribution in [0.15, 0.2) is 18.2 Å². The van der Waals surface area contributed by atoms with Gasteiger partial charge in [-0.05, 0) is 37.7 Å². The fourth-order valence-corrected chi connectivity index (χ4v) is 3.35. The van der Waals surface area contributed by atoms with Crippen LogP contribution in [0.2, 0.25) is 0 Å². The predicted octanol–water partition coefficient (Wildman–Crippen LogP) is 3.58. The molecule has 1 aliphatic rings. The summed E-state index contributed by atoms with van der Waals surface area (Å²) in [5.41, 5.74) is 0.848. The second-order valence-corrected chi connectivity index (χ2v) is 6.77. The molecule has 0 bridgehead atoms. The van der Waals surface area contributed by atoms with Gasteiger partial charge in [0, 0.05) is 36.2 Å². The van der Waals surface area contributed by atoms with E-state index >= 15 is 0 Å². The van der Waals surface area contributed by atoms with Gasteiger partial charge < -0.3 is 10.0 Å². The zero-order valence-electron chi connectivity index (χ0n) is 14.6. The Balaban J connectivity index is 2.26. The van der Waals surface area contributed by atoms with E-state index in [2.05, 4.69) is 0 Å². The lowest BCUT2D eigenvalue weighted by atomic mass is 9.95. The molecule has 1 saturated heterocycles. The molecule has 0 saturated carbocycles. The third kappa shape index (κ3) is 4.55. The third-order valence-corrected chi connectivity index (χ3v) is 4.68. The lowest BCUT2D eigenvalue weighted by molar-refractivity contribution is -0.385. The Bertz CT molecular complexity index is 671. The van der Waals surface area contributed by atoms with Crippen LogP contribution in [0.4, 0.5) is 5.69 Å². The Morgan fingerprint density at radius 2 is 2.08 bits per heavy atom. The number of likely N-dealkylation sites (tertiary alicyclic amines) is 1. The maximum atomic E-state index is 12.9. The highest BCUT2D eigenvalue weighted by atomic mass is 16.6. The van der Waals surface area contributed by atoms with E-state index in [9.17, 15) is 19.7 Å². The van der Waals surface area contributed by atoms with Gasteiger partial charge in [0.05, 0.1) is 4.92 Å². The molecule has 25 heavy (non-hydrogen) atoms. The number of piperidine rings is 1. The molecule has 0 aromatic heterocycles. The van der Waals surface area contributed by atoms with Crippen LogP contribution < -0.4 is 0 Å². The fraction of sp³-hybridized carbons (Fsp3) is 0.556. The monoisotopic (exact) mass is 348 g/mol. The average molecular weight is 348 g/mol. The molecular formula is C18H24N2O5. The van der Waals surface area contributed by atoms with E-state index in [0.29, 0.717) is 24.1 Å². The van der Waals surface area contributed by atoms with Crippen molar-refractivity contribution < 1.29 is 19.6 Å². The van der Waals surface area contributed by atoms with Gasteiger partial charge in [-0.2, -0.15) is 0 Å². The molecule has 0 aliphatic carbocycles. The second-order valence-electron chi connectivity index (χ2n) is 6.77. The summed E-state index contributed by atoms with van der Waals surface area (Å²) in [5, 5.41) is 20.2. The van der Waals surface area contributed by atoms with Crippen molar-refractivity contribution in [1.82, 2.24) is 4.90 Å². The van der Waals surface area contributed by atoms with E-state index in [4.69, 9.17) is 5.11 Å². The summed E-state index contributed by atoms with van der Waals surface area (Å²) in [4.78, 5) is 36.3. The number of nitrogens with zero attached hydrogens (tertiary/aromatic N) is 2. The predicted molar refractivity (Wildman–Crippen MR) is 92.7 cm³/mol. The maximum absolute atomic E-state index is 12.9. The third-order valence-electron chi connectivity index (χ3n) is 4.68. The van der Waals surface area contributed by atoms with Gasteiger partial charge in [-0.15, -0.1) is 0 Å². The smallest absolute Gasteiger partial charge is 0.303 e. The number of rotatable bonds is 6. The lowest BCUT2D eigenvalue weighted by Crippen LogP contribution is -2.44. The molecule has 1 heterocycles. The van der Waals surface area contributed by atoms with E-state index in [1.807, 2.05) is 13.8 Å². The molecule has 7 heteroatoms. The number of aliphatic carboxylic acids is 1. The summed E-state index contributed by atoms with van der Waals surface area (Å²) in [5.74, 6) is -1.15. The van der Waals surface area contributed by atoms with Gasteiger partial charge in [0.1, 0.15) is 0 Å². The number of amides is 1. The Labute approximate surface area is 146 Å². The normalized spacial score (nSPS) is 17.6. The largest absolute Gasteiger partial charge is 0.481 e. The van der Waals surface area contributed by atoms with Crippen LogP contribution in [0.25, 0.3) is 0 Å². The van der Waals surface area contributed by atoms with Gasteiger partial charge in [0.15, 0.2) is 0 Å². The fourth-order valence-electron chi connectivity index (χ4n) is 3.35. The number of nitro benzene ring substituents is 1. The van der Waals surface area contributed by atoms with Gasteiger partial charge in [0.25, 0.3) is 11.6 Å². The molecule has 0 spiro atoms. The van der Waals surface area contributed by atoms with Crippen LogP contribution in [-0.2, 0) is 4.79 Å². The Morgan fingerprint density at radius 1 is 1.36 bits per heavy atom. The number of carbonyl (C=O) groups excluding carboxylic acids is 1. The van der Waals surface area contributed by atoms with Crippen molar-refractivity contribution in [2.45, 2.75) is 57.9 Å². The summed E-state index contributed by atoms with van der Waals surface area (Å²) in [6.45, 7) is 4.30.